The number of nitrogens with zero attached hydrogens (tertiary/aromatic N) is 8. The van der Waals surface area contributed by atoms with Crippen molar-refractivity contribution in [1.29, 1.82) is 0 Å². The number of anilines is 9. The summed E-state index contributed by atoms with van der Waals surface area (Å²) in [5, 5.41) is 7.14. The monoisotopic (exact) mass is 1530 g/mol. The molecular weight excluding hydrogens is 1460 g/mol. The van der Waals surface area contributed by atoms with Crippen molar-refractivity contribution >= 4 is 117 Å². The first-order valence-corrected chi connectivity index (χ1v) is 40.8. The molecule has 4 aromatic heterocycles. The van der Waals surface area contributed by atoms with Crippen LogP contribution in [-0.4, -0.2) is 23.7 Å². The fourth-order valence-corrected chi connectivity index (χ4v) is 17.7. The summed E-state index contributed by atoms with van der Waals surface area (Å²) in [4.78, 5) is 17.9. The van der Waals surface area contributed by atoms with Gasteiger partial charge >= 0.3 is 0 Å². The smallest absolute Gasteiger partial charge is 0.160 e. The van der Waals surface area contributed by atoms with Gasteiger partial charge in [0.2, 0.25) is 0 Å². The van der Waals surface area contributed by atoms with E-state index < -0.39 is 0 Å². The summed E-state index contributed by atoms with van der Waals surface area (Å²) >= 11 is 0. The van der Waals surface area contributed by atoms with Gasteiger partial charge in [0.05, 0.1) is 44.5 Å². The average molecular weight is 1530 g/mol. The Balaban J connectivity index is 0.607. The number of hydrogen-bond acceptors (Lipinski definition) is 5. The van der Waals surface area contributed by atoms with E-state index in [-0.39, 0.29) is 0 Å². The summed E-state index contributed by atoms with van der Waals surface area (Å²) in [7, 11) is 0. The third kappa shape index (κ3) is 12.9. The van der Waals surface area contributed by atoms with Crippen LogP contribution in [0.25, 0.3) is 150 Å². The standard InChI is InChI=1S/C112H76N8/c1-7-25-86(26-8-1)115(87-27-9-2-10-28-87)92-58-43-77(44-59-92)83-55-70-109-101(73-83)98-37-19-22-40-106(98)118(109)95-64-49-80(50-65-95)104-76-105(81-51-66-96(67-52-81)119-107-41-23-20-38-99(107)102-74-84(56-71-110(102)119)78-45-60-93(61-46-78)116(88-29-11-3-12-30-88)89-31-13-4-14-32-89)114-112(113-104)82-53-68-97(69-54-82)120-108-42-24-21-39-100(108)103-75-85(57-72-111(103)120)79-47-62-94(63-48-79)117(90-33-15-5-16-34-90)91-35-17-6-18-36-91/h1-76H. The van der Waals surface area contributed by atoms with E-state index in [1.807, 2.05) is 0 Å². The van der Waals surface area contributed by atoms with Gasteiger partial charge in [-0.05, 0) is 252 Å². The van der Waals surface area contributed by atoms with Crippen LogP contribution in [0.15, 0.2) is 461 Å². The summed E-state index contributed by atoms with van der Waals surface area (Å²) in [5.41, 5.74) is 31.3. The minimum atomic E-state index is 0.630. The zero-order valence-corrected chi connectivity index (χ0v) is 65.5. The summed E-state index contributed by atoms with van der Waals surface area (Å²) in [5.74, 6) is 0.630. The van der Waals surface area contributed by atoms with Gasteiger partial charge in [0.15, 0.2) is 5.82 Å². The Morgan fingerprint density at radius 3 is 0.625 bits per heavy atom. The SMILES string of the molecule is c1ccc(N(c2ccccc2)c2ccc(-c3ccc4c(c3)c3ccccc3n4-c3ccc(-c4cc(-c5ccc(-n6c7ccccc7c7cc(-c8ccc(N(c9ccccc9)c9ccccc9)cc8)ccc76)cc5)nc(-c5ccc(-n6c7ccccc7c7cc(-c8ccc(N(c9ccccc9)c9ccccc9)cc8)ccc76)cc5)n4)cc3)cc2)cc1. The van der Waals surface area contributed by atoms with Crippen LogP contribution in [0.1, 0.15) is 0 Å². The molecule has 0 radical (unpaired) electrons. The topological polar surface area (TPSA) is 50.3 Å². The molecule has 0 aliphatic carbocycles. The Morgan fingerprint density at radius 1 is 0.150 bits per heavy atom. The van der Waals surface area contributed by atoms with Gasteiger partial charge in [-0.2, -0.15) is 0 Å². The number of para-hydroxylation sites is 9. The van der Waals surface area contributed by atoms with E-state index >= 15 is 0 Å². The van der Waals surface area contributed by atoms with Crippen molar-refractivity contribution in [2.45, 2.75) is 0 Å². The molecule has 0 fully saturated rings. The molecule has 8 heteroatoms. The molecule has 0 amide bonds. The van der Waals surface area contributed by atoms with Crippen molar-refractivity contribution < 1.29 is 0 Å². The fraction of sp³-hybridized carbons (Fsp3) is 0. The molecule has 22 rings (SSSR count). The fourth-order valence-electron chi connectivity index (χ4n) is 17.7. The van der Waals surface area contributed by atoms with Crippen molar-refractivity contribution in [1.82, 2.24) is 23.7 Å². The molecular formula is C112H76N8. The zero-order chi connectivity index (χ0) is 79.4. The maximum Gasteiger partial charge on any atom is 0.160 e. The highest BCUT2D eigenvalue weighted by atomic mass is 15.2. The van der Waals surface area contributed by atoms with Gasteiger partial charge < -0.3 is 28.4 Å². The maximum atomic E-state index is 5.51. The van der Waals surface area contributed by atoms with Crippen LogP contribution in [0.4, 0.5) is 51.2 Å². The van der Waals surface area contributed by atoms with E-state index in [1.165, 1.54) is 32.3 Å². The average Bonchev–Trinajstić information content (AvgIpc) is 1.60. The molecule has 0 bridgehead atoms. The Kier molecular flexibility index (Phi) is 17.8. The lowest BCUT2D eigenvalue weighted by atomic mass is 10.0. The lowest BCUT2D eigenvalue weighted by Gasteiger charge is -2.25. The molecule has 0 spiro atoms. The maximum absolute atomic E-state index is 5.51. The van der Waals surface area contributed by atoms with Gasteiger partial charge in [-0.15, -0.1) is 0 Å². The van der Waals surface area contributed by atoms with Gasteiger partial charge in [-0.3, -0.25) is 0 Å². The summed E-state index contributed by atoms with van der Waals surface area (Å²) < 4.78 is 7.16. The molecule has 0 atom stereocenters. The number of fused-ring (bicyclic) bond motifs is 9. The molecule has 0 unspecified atom stereocenters. The van der Waals surface area contributed by atoms with E-state index in [0.29, 0.717) is 5.82 Å². The quantitative estimate of drug-likeness (QED) is 0.0857. The third-order valence-electron chi connectivity index (χ3n) is 23.4. The normalized spacial score (nSPS) is 11.5. The Bertz CT molecular complexity index is 6650. The first-order chi connectivity index (χ1) is 59.5. The molecule has 4 heterocycles. The predicted octanol–water partition coefficient (Wildman–Crippen LogP) is 30.2. The van der Waals surface area contributed by atoms with Crippen LogP contribution in [0, 0.1) is 0 Å². The first kappa shape index (κ1) is 70.5. The Labute approximate surface area is 695 Å². The second-order valence-corrected chi connectivity index (χ2v) is 30.5. The van der Waals surface area contributed by atoms with Crippen LogP contribution >= 0.6 is 0 Å². The molecule has 0 saturated carbocycles. The van der Waals surface area contributed by atoms with Gasteiger partial charge in [-0.25, -0.2) is 9.97 Å². The molecule has 0 saturated heterocycles. The van der Waals surface area contributed by atoms with Crippen molar-refractivity contribution in [2.75, 3.05) is 14.7 Å². The molecule has 8 nitrogen and oxygen atoms in total. The molecule has 0 aliphatic heterocycles. The molecule has 0 aliphatic rings. The number of aromatic nitrogens is 5. The Morgan fingerprint density at radius 2 is 0.358 bits per heavy atom. The minimum Gasteiger partial charge on any atom is -0.311 e. The predicted molar refractivity (Wildman–Crippen MR) is 502 cm³/mol. The number of hydrogen-bond donors (Lipinski definition) is 0. The summed E-state index contributed by atoms with van der Waals surface area (Å²) in [6, 6.07) is 166. The van der Waals surface area contributed by atoms with Crippen molar-refractivity contribution in [3.63, 3.8) is 0 Å². The van der Waals surface area contributed by atoms with Gasteiger partial charge in [0.1, 0.15) is 0 Å². The highest BCUT2D eigenvalue weighted by molar-refractivity contribution is 6.13. The van der Waals surface area contributed by atoms with E-state index in [2.05, 4.69) is 489 Å². The van der Waals surface area contributed by atoms with Crippen molar-refractivity contribution in [3.05, 3.63) is 461 Å². The lowest BCUT2D eigenvalue weighted by molar-refractivity contribution is 1.16. The zero-order valence-electron chi connectivity index (χ0n) is 65.5. The third-order valence-corrected chi connectivity index (χ3v) is 23.4. The molecule has 564 valence electrons. The van der Waals surface area contributed by atoms with Gasteiger partial charge in [0, 0.05) is 117 Å². The number of benzene rings is 18. The van der Waals surface area contributed by atoms with Crippen LogP contribution in [0.2, 0.25) is 0 Å². The molecule has 18 aromatic carbocycles. The van der Waals surface area contributed by atoms with Crippen LogP contribution in [0.3, 0.4) is 0 Å². The van der Waals surface area contributed by atoms with Crippen LogP contribution in [-0.2, 0) is 0 Å². The highest BCUT2D eigenvalue weighted by Gasteiger charge is 2.23. The first-order valence-electron chi connectivity index (χ1n) is 40.8. The van der Waals surface area contributed by atoms with Crippen LogP contribution in [0.5, 0.6) is 0 Å². The molecule has 22 aromatic rings. The molecule has 0 N–H and O–H groups in total. The van der Waals surface area contributed by atoms with Crippen molar-refractivity contribution in [2.24, 2.45) is 0 Å². The lowest BCUT2D eigenvalue weighted by Crippen LogP contribution is -2.09. The second kappa shape index (κ2) is 30.2. The summed E-state index contributed by atoms with van der Waals surface area (Å²) in [6.07, 6.45) is 0. The highest BCUT2D eigenvalue weighted by Crippen LogP contribution is 2.45. The van der Waals surface area contributed by atoms with E-state index in [1.54, 1.807) is 0 Å². The summed E-state index contributed by atoms with van der Waals surface area (Å²) in [6.45, 7) is 0. The molecule has 120 heavy (non-hydrogen) atoms. The van der Waals surface area contributed by atoms with E-state index in [4.69, 9.17) is 9.97 Å². The largest absolute Gasteiger partial charge is 0.311 e. The second-order valence-electron chi connectivity index (χ2n) is 30.5. The number of rotatable bonds is 18. The van der Waals surface area contributed by atoms with Gasteiger partial charge in [-0.1, -0.05) is 243 Å². The van der Waals surface area contributed by atoms with E-state index in [0.717, 1.165) is 163 Å². The van der Waals surface area contributed by atoms with Crippen LogP contribution < -0.4 is 14.7 Å². The van der Waals surface area contributed by atoms with Gasteiger partial charge in [0.25, 0.3) is 0 Å². The van der Waals surface area contributed by atoms with Crippen molar-refractivity contribution in [3.8, 4) is 84.3 Å². The van der Waals surface area contributed by atoms with E-state index in [9.17, 15) is 0 Å². The minimum absolute atomic E-state index is 0.630. The Hall–Kier alpha value is -16.2.